The van der Waals surface area contributed by atoms with Gasteiger partial charge in [0.15, 0.2) is 5.96 Å². The lowest BCUT2D eigenvalue weighted by atomic mass is 10.5. The van der Waals surface area contributed by atoms with Crippen LogP contribution in [0.5, 0.6) is 0 Å². The zero-order valence-electron chi connectivity index (χ0n) is 7.69. The van der Waals surface area contributed by atoms with Gasteiger partial charge in [0.1, 0.15) is 12.4 Å². The van der Waals surface area contributed by atoms with Crippen LogP contribution in [0.2, 0.25) is 0 Å². The van der Waals surface area contributed by atoms with Crippen molar-refractivity contribution in [1.29, 1.82) is 0 Å². The summed E-state index contributed by atoms with van der Waals surface area (Å²) in [5.41, 5.74) is 6.36. The minimum absolute atomic E-state index is 0.161. The average Bonchev–Trinajstić information content (AvgIpc) is 2.54. The van der Waals surface area contributed by atoms with Crippen LogP contribution in [0, 0.1) is 0 Å². The summed E-state index contributed by atoms with van der Waals surface area (Å²) in [6, 6.07) is 1.79. The second-order valence-corrected chi connectivity index (χ2v) is 2.89. The van der Waals surface area contributed by atoms with E-state index in [1.165, 1.54) is 0 Å². The van der Waals surface area contributed by atoms with Gasteiger partial charge in [0.05, 0.1) is 12.0 Å². The van der Waals surface area contributed by atoms with Gasteiger partial charge in [0.25, 0.3) is 0 Å². The fraction of sp³-hybridized carbons (Fsp3) is 0.250. The highest BCUT2D eigenvalue weighted by Crippen LogP contribution is 2.07. The maximum Gasteiger partial charge on any atom is 0.204 e. The molecule has 2 rings (SSSR count). The fourth-order valence-corrected chi connectivity index (χ4v) is 1.14. The molecular formula is C8H11N5O. The van der Waals surface area contributed by atoms with Gasteiger partial charge in [-0.1, -0.05) is 0 Å². The molecule has 2 heterocycles. The lowest BCUT2D eigenvalue weighted by Gasteiger charge is -2.16. The van der Waals surface area contributed by atoms with Crippen molar-refractivity contribution in [3.63, 3.8) is 0 Å². The van der Waals surface area contributed by atoms with E-state index in [-0.39, 0.29) is 6.17 Å². The third-order valence-corrected chi connectivity index (χ3v) is 1.67. The van der Waals surface area contributed by atoms with Crippen LogP contribution in [0.4, 0.5) is 5.69 Å². The summed E-state index contributed by atoms with van der Waals surface area (Å²) in [6.07, 6.45) is 2.99. The Morgan fingerprint density at radius 1 is 1.57 bits per heavy atom. The van der Waals surface area contributed by atoms with Crippen LogP contribution in [-0.4, -0.2) is 18.1 Å². The number of aliphatic imine (C=N–C) groups is 2. The Morgan fingerprint density at radius 3 is 3.07 bits per heavy atom. The molecular weight excluding hydrogens is 182 g/mol. The van der Waals surface area contributed by atoms with Gasteiger partial charge in [-0.3, -0.25) is 5.32 Å². The first kappa shape index (κ1) is 8.61. The number of furan rings is 1. The maximum atomic E-state index is 5.54. The summed E-state index contributed by atoms with van der Waals surface area (Å²) in [5, 5.41) is 5.82. The molecule has 1 aromatic heterocycles. The number of hydrogen-bond acceptors (Lipinski definition) is 6. The molecule has 1 atom stereocenters. The average molecular weight is 193 g/mol. The lowest BCUT2D eigenvalue weighted by molar-refractivity contribution is 0.568. The van der Waals surface area contributed by atoms with Crippen molar-refractivity contribution >= 4 is 17.6 Å². The topological polar surface area (TPSA) is 87.9 Å². The molecule has 74 valence electrons. The van der Waals surface area contributed by atoms with Crippen LogP contribution in [0.25, 0.3) is 0 Å². The second-order valence-electron chi connectivity index (χ2n) is 2.89. The second kappa shape index (κ2) is 3.41. The SMILES string of the molecule is CC1N=C(N)NC(Nc2ccoc2)=N1. The highest BCUT2D eigenvalue weighted by atomic mass is 16.3. The Morgan fingerprint density at radius 2 is 2.43 bits per heavy atom. The van der Waals surface area contributed by atoms with Gasteiger partial charge in [-0.2, -0.15) is 0 Å². The van der Waals surface area contributed by atoms with Crippen molar-refractivity contribution in [2.24, 2.45) is 15.7 Å². The summed E-state index contributed by atoms with van der Waals surface area (Å²) in [7, 11) is 0. The van der Waals surface area contributed by atoms with Crippen LogP contribution in [0.3, 0.4) is 0 Å². The van der Waals surface area contributed by atoms with Crippen LogP contribution < -0.4 is 16.4 Å². The van der Waals surface area contributed by atoms with E-state index in [2.05, 4.69) is 20.6 Å². The Kier molecular flexibility index (Phi) is 2.10. The lowest BCUT2D eigenvalue weighted by Crippen LogP contribution is -2.44. The summed E-state index contributed by atoms with van der Waals surface area (Å²) < 4.78 is 4.90. The van der Waals surface area contributed by atoms with E-state index < -0.39 is 0 Å². The van der Waals surface area contributed by atoms with E-state index in [1.807, 2.05) is 6.92 Å². The number of nitrogens with zero attached hydrogens (tertiary/aromatic N) is 2. The Balaban J connectivity index is 2.06. The normalized spacial score (nSPS) is 20.8. The molecule has 0 saturated carbocycles. The molecule has 4 N–H and O–H groups in total. The monoisotopic (exact) mass is 193 g/mol. The molecule has 0 aliphatic carbocycles. The zero-order chi connectivity index (χ0) is 9.97. The number of nitrogens with one attached hydrogen (secondary N) is 2. The van der Waals surface area contributed by atoms with E-state index in [4.69, 9.17) is 10.2 Å². The van der Waals surface area contributed by atoms with Crippen LogP contribution >= 0.6 is 0 Å². The molecule has 0 amide bonds. The molecule has 0 saturated heterocycles. The molecule has 1 aromatic rings. The van der Waals surface area contributed by atoms with Crippen molar-refractivity contribution in [1.82, 2.24) is 5.32 Å². The molecule has 1 aliphatic heterocycles. The number of hydrogen-bond donors (Lipinski definition) is 3. The van der Waals surface area contributed by atoms with E-state index >= 15 is 0 Å². The largest absolute Gasteiger partial charge is 0.470 e. The molecule has 0 fully saturated rings. The molecule has 14 heavy (non-hydrogen) atoms. The quantitative estimate of drug-likeness (QED) is 0.599. The number of guanidine groups is 2. The highest BCUT2D eigenvalue weighted by molar-refractivity contribution is 6.05. The van der Waals surface area contributed by atoms with Crippen molar-refractivity contribution < 1.29 is 4.42 Å². The summed E-state index contributed by atoms with van der Waals surface area (Å²) in [5.74, 6) is 0.935. The van der Waals surface area contributed by atoms with Crippen LogP contribution in [0.15, 0.2) is 33.0 Å². The van der Waals surface area contributed by atoms with E-state index in [0.717, 1.165) is 5.69 Å². The minimum Gasteiger partial charge on any atom is -0.470 e. The Bertz CT molecular complexity index is 367. The first-order chi connectivity index (χ1) is 6.74. The molecule has 0 spiro atoms. The predicted octanol–water partition coefficient (Wildman–Crippen LogP) is 0.311. The van der Waals surface area contributed by atoms with Crippen LogP contribution in [-0.2, 0) is 0 Å². The third-order valence-electron chi connectivity index (χ3n) is 1.67. The van der Waals surface area contributed by atoms with Gasteiger partial charge in [-0.25, -0.2) is 9.98 Å². The van der Waals surface area contributed by atoms with Gasteiger partial charge in [0, 0.05) is 0 Å². The van der Waals surface area contributed by atoms with Crippen molar-refractivity contribution in [3.8, 4) is 0 Å². The van der Waals surface area contributed by atoms with Gasteiger partial charge >= 0.3 is 0 Å². The smallest absolute Gasteiger partial charge is 0.204 e. The summed E-state index contributed by atoms with van der Waals surface area (Å²) in [4.78, 5) is 8.19. The van der Waals surface area contributed by atoms with Crippen molar-refractivity contribution in [2.75, 3.05) is 5.32 Å². The standard InChI is InChI=1S/C8H11N5O/c1-5-10-7(9)13-8(11-5)12-6-2-3-14-4-6/h2-5H,1H3,(H4,9,10,11,12,13). The number of nitrogens with two attached hydrogens (primary N) is 1. The zero-order valence-corrected chi connectivity index (χ0v) is 7.69. The maximum absolute atomic E-state index is 5.54. The molecule has 1 aliphatic rings. The van der Waals surface area contributed by atoms with Gasteiger partial charge in [0.2, 0.25) is 5.96 Å². The molecule has 0 bridgehead atoms. The van der Waals surface area contributed by atoms with E-state index in [1.54, 1.807) is 18.6 Å². The van der Waals surface area contributed by atoms with Crippen molar-refractivity contribution in [2.45, 2.75) is 13.1 Å². The third kappa shape index (κ3) is 1.85. The fourth-order valence-electron chi connectivity index (χ4n) is 1.14. The van der Waals surface area contributed by atoms with Gasteiger partial charge in [-0.15, -0.1) is 0 Å². The molecule has 1 unspecified atom stereocenters. The minimum atomic E-state index is -0.161. The molecule has 6 heteroatoms. The number of rotatable bonds is 1. The summed E-state index contributed by atoms with van der Waals surface area (Å²) in [6.45, 7) is 1.85. The van der Waals surface area contributed by atoms with Gasteiger partial charge in [-0.05, 0) is 13.0 Å². The summed E-state index contributed by atoms with van der Waals surface area (Å²) >= 11 is 0. The Hall–Kier alpha value is -1.98. The predicted molar refractivity (Wildman–Crippen MR) is 54.0 cm³/mol. The molecule has 6 nitrogen and oxygen atoms in total. The first-order valence-corrected chi connectivity index (χ1v) is 4.21. The van der Waals surface area contributed by atoms with Gasteiger partial charge < -0.3 is 15.5 Å². The van der Waals surface area contributed by atoms with Crippen LogP contribution in [0.1, 0.15) is 6.92 Å². The number of anilines is 1. The first-order valence-electron chi connectivity index (χ1n) is 4.21. The Labute approximate surface area is 80.9 Å². The molecule has 0 radical (unpaired) electrons. The van der Waals surface area contributed by atoms with E-state index in [0.29, 0.717) is 11.9 Å². The van der Waals surface area contributed by atoms with E-state index in [9.17, 15) is 0 Å². The van der Waals surface area contributed by atoms with Crippen molar-refractivity contribution in [3.05, 3.63) is 18.6 Å². The highest BCUT2D eigenvalue weighted by Gasteiger charge is 2.10. The molecule has 0 aromatic carbocycles.